The minimum Gasteiger partial charge on any atom is -0.504 e. The van der Waals surface area contributed by atoms with Crippen LogP contribution in [0.25, 0.3) is 17.1 Å². The first kappa shape index (κ1) is 24.8. The molecule has 36 heavy (non-hydrogen) atoms. The molecule has 1 amide bonds. The molecule has 1 heterocycles. The highest BCUT2D eigenvalue weighted by Gasteiger charge is 2.17. The Morgan fingerprint density at radius 1 is 1.06 bits per heavy atom. The van der Waals surface area contributed by atoms with Gasteiger partial charge < -0.3 is 14.6 Å². The van der Waals surface area contributed by atoms with Gasteiger partial charge in [-0.25, -0.2) is 5.43 Å². The molecule has 184 valence electrons. The average Bonchev–Trinajstić information content (AvgIpc) is 3.33. The van der Waals surface area contributed by atoms with Crippen LogP contribution >= 0.6 is 11.8 Å². The van der Waals surface area contributed by atoms with Gasteiger partial charge in [0, 0.05) is 16.8 Å². The monoisotopic (exact) mass is 503 g/mol. The van der Waals surface area contributed by atoms with E-state index in [1.165, 1.54) is 25.1 Å². The van der Waals surface area contributed by atoms with Crippen LogP contribution in [0.5, 0.6) is 17.2 Å². The van der Waals surface area contributed by atoms with Gasteiger partial charge in [0.2, 0.25) is 0 Å². The first-order valence-corrected chi connectivity index (χ1v) is 12.0. The summed E-state index contributed by atoms with van der Waals surface area (Å²) in [5, 5.41) is 23.4. The third kappa shape index (κ3) is 5.66. The number of nitrogens with one attached hydrogen (secondary N) is 1. The van der Waals surface area contributed by atoms with Crippen molar-refractivity contribution in [1.82, 2.24) is 20.2 Å². The molecular weight excluding hydrogens is 478 g/mol. The minimum absolute atomic E-state index is 0.0522. The molecule has 0 saturated heterocycles. The summed E-state index contributed by atoms with van der Waals surface area (Å²) in [7, 11) is 3.08. The van der Waals surface area contributed by atoms with Crippen molar-refractivity contribution >= 4 is 23.9 Å². The first-order chi connectivity index (χ1) is 17.5. The number of methoxy groups -OCH3 is 2. The molecule has 3 aromatic carbocycles. The predicted octanol–water partition coefficient (Wildman–Crippen LogP) is 4.21. The second kappa shape index (κ2) is 11.4. The van der Waals surface area contributed by atoms with E-state index in [1.807, 2.05) is 60.0 Å². The zero-order valence-corrected chi connectivity index (χ0v) is 20.8. The Morgan fingerprint density at radius 2 is 1.81 bits per heavy atom. The van der Waals surface area contributed by atoms with Crippen LogP contribution in [0.15, 0.2) is 77.0 Å². The van der Waals surface area contributed by atoms with E-state index in [0.717, 1.165) is 22.6 Å². The molecule has 0 spiro atoms. The molecule has 0 saturated carbocycles. The summed E-state index contributed by atoms with van der Waals surface area (Å²) in [6.45, 7) is 2.02. The Hall–Kier alpha value is -4.31. The minimum atomic E-state index is -0.334. The number of benzene rings is 3. The fourth-order valence-electron chi connectivity index (χ4n) is 3.36. The average molecular weight is 504 g/mol. The lowest BCUT2D eigenvalue weighted by Crippen LogP contribution is -2.20. The van der Waals surface area contributed by atoms with Crippen molar-refractivity contribution in [1.29, 1.82) is 0 Å². The van der Waals surface area contributed by atoms with Crippen LogP contribution in [0.4, 0.5) is 0 Å². The first-order valence-electron chi connectivity index (χ1n) is 11.0. The molecule has 10 heteroatoms. The van der Waals surface area contributed by atoms with E-state index in [2.05, 4.69) is 20.7 Å². The van der Waals surface area contributed by atoms with Gasteiger partial charge in [-0.15, -0.1) is 10.2 Å². The van der Waals surface area contributed by atoms with Gasteiger partial charge in [-0.1, -0.05) is 47.7 Å². The number of carbonyl (C=O) groups is 1. The van der Waals surface area contributed by atoms with Crippen LogP contribution < -0.4 is 14.9 Å². The van der Waals surface area contributed by atoms with E-state index in [-0.39, 0.29) is 17.4 Å². The van der Waals surface area contributed by atoms with E-state index >= 15 is 0 Å². The summed E-state index contributed by atoms with van der Waals surface area (Å²) >= 11 is 1.24. The van der Waals surface area contributed by atoms with Crippen LogP contribution in [0.3, 0.4) is 0 Å². The summed E-state index contributed by atoms with van der Waals surface area (Å²) in [5.74, 6) is 1.39. The molecule has 0 atom stereocenters. The summed E-state index contributed by atoms with van der Waals surface area (Å²) in [5.41, 5.74) is 5.78. The number of hydrogen-bond acceptors (Lipinski definition) is 8. The summed E-state index contributed by atoms with van der Waals surface area (Å²) in [6.07, 6.45) is 1.36. The smallest absolute Gasteiger partial charge is 0.250 e. The molecule has 0 aliphatic rings. The molecule has 0 aliphatic heterocycles. The number of amides is 1. The highest BCUT2D eigenvalue weighted by molar-refractivity contribution is 7.99. The number of rotatable bonds is 9. The van der Waals surface area contributed by atoms with Gasteiger partial charge >= 0.3 is 0 Å². The van der Waals surface area contributed by atoms with E-state index in [1.54, 1.807) is 25.3 Å². The van der Waals surface area contributed by atoms with Crippen molar-refractivity contribution in [3.63, 3.8) is 0 Å². The number of phenolic OH excluding ortho intramolecular Hbond substituents is 1. The Bertz CT molecular complexity index is 1370. The number of para-hydroxylation sites is 1. The van der Waals surface area contributed by atoms with Gasteiger partial charge in [-0.3, -0.25) is 9.36 Å². The number of aromatic nitrogens is 3. The molecule has 0 radical (unpaired) electrons. The topological polar surface area (TPSA) is 111 Å². The van der Waals surface area contributed by atoms with Crippen molar-refractivity contribution in [3.8, 4) is 34.3 Å². The number of nitrogens with zero attached hydrogens (tertiary/aromatic N) is 4. The van der Waals surface area contributed by atoms with Crippen LogP contribution in [0, 0.1) is 6.92 Å². The number of hydrazone groups is 1. The third-order valence-electron chi connectivity index (χ3n) is 5.25. The van der Waals surface area contributed by atoms with Gasteiger partial charge in [0.15, 0.2) is 22.5 Å². The maximum absolute atomic E-state index is 12.5. The van der Waals surface area contributed by atoms with E-state index < -0.39 is 0 Å². The Morgan fingerprint density at radius 3 is 2.50 bits per heavy atom. The van der Waals surface area contributed by atoms with Crippen LogP contribution in [-0.2, 0) is 4.79 Å². The molecule has 2 N–H and O–H groups in total. The zero-order chi connectivity index (χ0) is 25.5. The molecule has 4 aromatic rings. The van der Waals surface area contributed by atoms with Crippen LogP contribution in [0.2, 0.25) is 0 Å². The lowest BCUT2D eigenvalue weighted by Gasteiger charge is -2.11. The number of carbonyl (C=O) groups excluding carboxylic acids is 1. The highest BCUT2D eigenvalue weighted by atomic mass is 32.2. The lowest BCUT2D eigenvalue weighted by molar-refractivity contribution is -0.118. The van der Waals surface area contributed by atoms with Crippen molar-refractivity contribution in [3.05, 3.63) is 77.9 Å². The molecule has 0 bridgehead atoms. The molecule has 0 aliphatic carbocycles. The summed E-state index contributed by atoms with van der Waals surface area (Å²) in [4.78, 5) is 12.5. The molecule has 9 nitrogen and oxygen atoms in total. The normalized spacial score (nSPS) is 11.0. The predicted molar refractivity (Wildman–Crippen MR) is 139 cm³/mol. The fraction of sp³-hybridized carbons (Fsp3) is 0.154. The summed E-state index contributed by atoms with van der Waals surface area (Å²) in [6, 6.07) is 20.6. The van der Waals surface area contributed by atoms with E-state index in [0.29, 0.717) is 22.3 Å². The molecule has 4 rings (SSSR count). The SMILES string of the molecule is COc1ccc(-n2c(SCC(=O)N/N=C\c3cccc(OC)c3O)nnc2-c2ccc(C)cc2)cc1. The number of aromatic hydroxyl groups is 1. The Labute approximate surface area is 212 Å². The van der Waals surface area contributed by atoms with Crippen LogP contribution in [-0.4, -0.2) is 52.0 Å². The Balaban J connectivity index is 1.51. The van der Waals surface area contributed by atoms with E-state index in [4.69, 9.17) is 9.47 Å². The fourth-order valence-corrected chi connectivity index (χ4v) is 4.11. The quantitative estimate of drug-likeness (QED) is 0.200. The number of aryl methyl sites for hydroxylation is 1. The lowest BCUT2D eigenvalue weighted by atomic mass is 10.1. The van der Waals surface area contributed by atoms with Gasteiger partial charge in [0.1, 0.15) is 5.75 Å². The van der Waals surface area contributed by atoms with Crippen molar-refractivity contribution in [2.24, 2.45) is 5.10 Å². The van der Waals surface area contributed by atoms with Gasteiger partial charge in [0.05, 0.1) is 26.2 Å². The molecular formula is C26H25N5O4S. The van der Waals surface area contributed by atoms with Crippen molar-refractivity contribution in [2.45, 2.75) is 12.1 Å². The maximum Gasteiger partial charge on any atom is 0.250 e. The Kier molecular flexibility index (Phi) is 7.86. The zero-order valence-electron chi connectivity index (χ0n) is 20.0. The molecule has 0 unspecified atom stereocenters. The summed E-state index contributed by atoms with van der Waals surface area (Å²) < 4.78 is 12.3. The third-order valence-corrected chi connectivity index (χ3v) is 6.18. The second-order valence-corrected chi connectivity index (χ2v) is 8.63. The van der Waals surface area contributed by atoms with Gasteiger partial charge in [-0.05, 0) is 43.3 Å². The van der Waals surface area contributed by atoms with Crippen LogP contribution in [0.1, 0.15) is 11.1 Å². The standard InChI is InChI=1S/C26H25N5O4S/c1-17-7-9-18(10-8-17)25-29-30-26(31(25)20-11-13-21(34-2)14-12-20)36-16-23(32)28-27-15-19-5-4-6-22(35-3)24(19)33/h4-15,33H,16H2,1-3H3,(H,28,32)/b27-15-. The van der Waals surface area contributed by atoms with Gasteiger partial charge in [0.25, 0.3) is 5.91 Å². The van der Waals surface area contributed by atoms with Crippen molar-refractivity contribution in [2.75, 3.05) is 20.0 Å². The highest BCUT2D eigenvalue weighted by Crippen LogP contribution is 2.30. The number of phenols is 1. The van der Waals surface area contributed by atoms with Gasteiger partial charge in [-0.2, -0.15) is 5.10 Å². The maximum atomic E-state index is 12.5. The second-order valence-electron chi connectivity index (χ2n) is 7.69. The number of ether oxygens (including phenoxy) is 2. The number of hydrogen-bond donors (Lipinski definition) is 2. The molecule has 1 aromatic heterocycles. The number of thioether (sulfide) groups is 1. The largest absolute Gasteiger partial charge is 0.504 e. The van der Waals surface area contributed by atoms with Crippen molar-refractivity contribution < 1.29 is 19.4 Å². The molecule has 0 fully saturated rings. The van der Waals surface area contributed by atoms with E-state index in [9.17, 15) is 9.90 Å².